The molecule has 2 nitrogen and oxygen atoms in total. The first kappa shape index (κ1) is 11.0. The van der Waals surface area contributed by atoms with E-state index in [1.54, 1.807) is 0 Å². The summed E-state index contributed by atoms with van der Waals surface area (Å²) in [7, 11) is 2.10. The Morgan fingerprint density at radius 1 is 1.38 bits per heavy atom. The van der Waals surface area contributed by atoms with Crippen LogP contribution in [0.15, 0.2) is 0 Å². The molecule has 0 spiro atoms. The maximum Gasteiger partial charge on any atom is 0.0715 e. The van der Waals surface area contributed by atoms with E-state index in [2.05, 4.69) is 32.7 Å². The lowest BCUT2D eigenvalue weighted by Crippen LogP contribution is -2.38. The van der Waals surface area contributed by atoms with Crippen LogP contribution in [-0.2, 0) is 0 Å². The van der Waals surface area contributed by atoms with Crippen molar-refractivity contribution in [3.05, 3.63) is 0 Å². The van der Waals surface area contributed by atoms with Crippen molar-refractivity contribution in [1.82, 2.24) is 4.90 Å². The molecule has 1 saturated carbocycles. The van der Waals surface area contributed by atoms with E-state index < -0.39 is 0 Å². The summed E-state index contributed by atoms with van der Waals surface area (Å²) in [5, 5.41) is 9.85. The molecule has 13 heavy (non-hydrogen) atoms. The van der Waals surface area contributed by atoms with Gasteiger partial charge in [0.25, 0.3) is 0 Å². The number of aliphatic hydroxyl groups excluding tert-OH is 1. The number of likely N-dealkylation sites (N-methyl/N-ethyl adjacent to an activating group) is 1. The first-order valence-corrected chi connectivity index (χ1v) is 5.26. The number of rotatable bonds is 4. The molecule has 0 heterocycles. The van der Waals surface area contributed by atoms with Crippen molar-refractivity contribution in [3.63, 3.8) is 0 Å². The summed E-state index contributed by atoms with van der Waals surface area (Å²) in [5.41, 5.74) is 0.0117. The summed E-state index contributed by atoms with van der Waals surface area (Å²) < 4.78 is 0. The third kappa shape index (κ3) is 4.10. The molecule has 2 heteroatoms. The lowest BCUT2D eigenvalue weighted by atomic mass is 9.89. The summed E-state index contributed by atoms with van der Waals surface area (Å²) in [6.45, 7) is 8.22. The summed E-state index contributed by atoms with van der Waals surface area (Å²) >= 11 is 0. The van der Waals surface area contributed by atoms with Crippen LogP contribution in [-0.4, -0.2) is 36.2 Å². The summed E-state index contributed by atoms with van der Waals surface area (Å²) in [6, 6.07) is 0. The molecule has 0 aliphatic heterocycles. The van der Waals surface area contributed by atoms with Crippen molar-refractivity contribution in [2.75, 3.05) is 20.1 Å². The van der Waals surface area contributed by atoms with E-state index in [4.69, 9.17) is 0 Å². The molecule has 1 rings (SSSR count). The lowest BCUT2D eigenvalue weighted by Gasteiger charge is -2.29. The van der Waals surface area contributed by atoms with Gasteiger partial charge in [0.05, 0.1) is 6.10 Å². The highest BCUT2D eigenvalue weighted by molar-refractivity contribution is 4.80. The van der Waals surface area contributed by atoms with Crippen molar-refractivity contribution in [2.24, 2.45) is 11.3 Å². The summed E-state index contributed by atoms with van der Waals surface area (Å²) in [5.74, 6) is 0.914. The molecular formula is C11H23NO. The highest BCUT2D eigenvalue weighted by Gasteiger charge is 2.27. The van der Waals surface area contributed by atoms with Gasteiger partial charge in [0.15, 0.2) is 0 Å². The van der Waals surface area contributed by atoms with Crippen LogP contribution < -0.4 is 0 Å². The van der Waals surface area contributed by atoms with Gasteiger partial charge in [-0.1, -0.05) is 20.8 Å². The van der Waals surface area contributed by atoms with E-state index in [0.717, 1.165) is 19.0 Å². The zero-order valence-corrected chi connectivity index (χ0v) is 9.38. The first-order valence-electron chi connectivity index (χ1n) is 5.26. The first-order chi connectivity index (χ1) is 5.89. The molecule has 1 unspecified atom stereocenters. The Morgan fingerprint density at radius 3 is 2.31 bits per heavy atom. The minimum atomic E-state index is -0.212. The molecule has 1 aliphatic carbocycles. The second-order valence-electron chi connectivity index (χ2n) is 5.55. The predicted octanol–water partition coefficient (Wildman–Crippen LogP) is 1.74. The SMILES string of the molecule is CN(CC1CC1)CC(O)C(C)(C)C. The van der Waals surface area contributed by atoms with Crippen LogP contribution in [0.3, 0.4) is 0 Å². The number of hydrogen-bond donors (Lipinski definition) is 1. The van der Waals surface area contributed by atoms with E-state index in [-0.39, 0.29) is 11.5 Å². The third-order valence-electron chi connectivity index (χ3n) is 2.75. The second kappa shape index (κ2) is 3.97. The second-order valence-corrected chi connectivity index (χ2v) is 5.55. The van der Waals surface area contributed by atoms with Crippen molar-refractivity contribution >= 4 is 0 Å². The van der Waals surface area contributed by atoms with Crippen LogP contribution in [0.2, 0.25) is 0 Å². The smallest absolute Gasteiger partial charge is 0.0715 e. The number of nitrogens with zero attached hydrogens (tertiary/aromatic N) is 1. The van der Waals surface area contributed by atoms with Gasteiger partial charge in [0.2, 0.25) is 0 Å². The molecule has 0 aromatic heterocycles. The normalized spacial score (nSPS) is 20.8. The van der Waals surface area contributed by atoms with E-state index in [0.29, 0.717) is 0 Å². The number of aliphatic hydroxyl groups is 1. The standard InChI is InChI=1S/C11H23NO/c1-11(2,3)10(13)8-12(4)7-9-5-6-9/h9-10,13H,5-8H2,1-4H3. The number of hydrogen-bond acceptors (Lipinski definition) is 2. The maximum absolute atomic E-state index is 9.85. The van der Waals surface area contributed by atoms with Gasteiger partial charge >= 0.3 is 0 Å². The Labute approximate surface area is 81.9 Å². The van der Waals surface area contributed by atoms with Gasteiger partial charge in [-0.2, -0.15) is 0 Å². The Kier molecular flexibility index (Phi) is 3.36. The van der Waals surface area contributed by atoms with Gasteiger partial charge in [0, 0.05) is 13.1 Å². The molecular weight excluding hydrogens is 162 g/mol. The fraction of sp³-hybridized carbons (Fsp3) is 1.00. The average molecular weight is 185 g/mol. The molecule has 1 aliphatic rings. The van der Waals surface area contributed by atoms with Gasteiger partial charge < -0.3 is 10.0 Å². The topological polar surface area (TPSA) is 23.5 Å². The van der Waals surface area contributed by atoms with E-state index >= 15 is 0 Å². The molecule has 0 amide bonds. The van der Waals surface area contributed by atoms with Crippen LogP contribution >= 0.6 is 0 Å². The van der Waals surface area contributed by atoms with Gasteiger partial charge in [-0.05, 0) is 31.2 Å². The molecule has 0 radical (unpaired) electrons. The van der Waals surface area contributed by atoms with E-state index in [9.17, 15) is 5.11 Å². The predicted molar refractivity (Wildman–Crippen MR) is 55.7 cm³/mol. The lowest BCUT2D eigenvalue weighted by molar-refractivity contribution is 0.0341. The van der Waals surface area contributed by atoms with Crippen molar-refractivity contribution < 1.29 is 5.11 Å². The van der Waals surface area contributed by atoms with Crippen molar-refractivity contribution in [3.8, 4) is 0 Å². The minimum Gasteiger partial charge on any atom is -0.391 e. The Bertz CT molecular complexity index is 158. The van der Waals surface area contributed by atoms with E-state index in [1.165, 1.54) is 12.8 Å². The molecule has 1 atom stereocenters. The molecule has 1 fully saturated rings. The van der Waals surface area contributed by atoms with Crippen LogP contribution in [0.1, 0.15) is 33.6 Å². The maximum atomic E-state index is 9.85. The molecule has 0 bridgehead atoms. The van der Waals surface area contributed by atoms with Crippen molar-refractivity contribution in [2.45, 2.75) is 39.7 Å². The molecule has 1 N–H and O–H groups in total. The fourth-order valence-corrected chi connectivity index (χ4v) is 1.38. The van der Waals surface area contributed by atoms with Gasteiger partial charge in [-0.3, -0.25) is 0 Å². The van der Waals surface area contributed by atoms with Gasteiger partial charge in [-0.25, -0.2) is 0 Å². The third-order valence-corrected chi connectivity index (χ3v) is 2.75. The Balaban J connectivity index is 2.21. The van der Waals surface area contributed by atoms with Crippen LogP contribution in [0.25, 0.3) is 0 Å². The van der Waals surface area contributed by atoms with Crippen molar-refractivity contribution in [1.29, 1.82) is 0 Å². The molecule has 78 valence electrons. The summed E-state index contributed by atoms with van der Waals surface area (Å²) in [4.78, 5) is 2.26. The van der Waals surface area contributed by atoms with Crippen LogP contribution in [0.4, 0.5) is 0 Å². The summed E-state index contributed by atoms with van der Waals surface area (Å²) in [6.07, 6.45) is 2.56. The van der Waals surface area contributed by atoms with Gasteiger partial charge in [-0.15, -0.1) is 0 Å². The van der Waals surface area contributed by atoms with Crippen LogP contribution in [0, 0.1) is 11.3 Å². The fourth-order valence-electron chi connectivity index (χ4n) is 1.38. The quantitative estimate of drug-likeness (QED) is 0.721. The van der Waals surface area contributed by atoms with Gasteiger partial charge in [0.1, 0.15) is 0 Å². The zero-order chi connectivity index (χ0) is 10.1. The highest BCUT2D eigenvalue weighted by atomic mass is 16.3. The van der Waals surface area contributed by atoms with Crippen LogP contribution in [0.5, 0.6) is 0 Å². The van der Waals surface area contributed by atoms with E-state index in [1.807, 2.05) is 0 Å². The molecule has 0 aromatic rings. The Hall–Kier alpha value is -0.0800. The monoisotopic (exact) mass is 185 g/mol. The molecule has 0 saturated heterocycles. The Morgan fingerprint density at radius 2 is 1.92 bits per heavy atom. The minimum absolute atomic E-state index is 0.0117. The highest BCUT2D eigenvalue weighted by Crippen LogP contribution is 2.29. The molecule has 0 aromatic carbocycles. The largest absolute Gasteiger partial charge is 0.391 e. The average Bonchev–Trinajstić information content (AvgIpc) is 2.68. The zero-order valence-electron chi connectivity index (χ0n) is 9.38.